The number of anilines is 2. The van der Waals surface area contributed by atoms with Gasteiger partial charge in [0.1, 0.15) is 18.1 Å². The smallest absolute Gasteiger partial charge is 0.417 e. The van der Waals surface area contributed by atoms with Crippen molar-refractivity contribution in [3.63, 3.8) is 0 Å². The van der Waals surface area contributed by atoms with E-state index in [-0.39, 0.29) is 16.9 Å². The monoisotopic (exact) mass is 559 g/mol. The van der Waals surface area contributed by atoms with Crippen molar-refractivity contribution in [2.45, 2.75) is 43.9 Å². The maximum absolute atomic E-state index is 14.6. The highest BCUT2D eigenvalue weighted by Crippen LogP contribution is 2.55. The first-order valence-corrected chi connectivity index (χ1v) is 12.1. The van der Waals surface area contributed by atoms with Crippen molar-refractivity contribution in [3.05, 3.63) is 47.2 Å². The summed E-state index contributed by atoms with van der Waals surface area (Å²) in [5.74, 6) is -6.62. The first-order valence-electron chi connectivity index (χ1n) is 12.1. The molecule has 0 aliphatic carbocycles. The highest BCUT2D eigenvalue weighted by molar-refractivity contribution is 5.95. The predicted molar refractivity (Wildman–Crippen MR) is 131 cm³/mol. The van der Waals surface area contributed by atoms with E-state index >= 15 is 0 Å². The molecule has 214 valence electrons. The summed E-state index contributed by atoms with van der Waals surface area (Å²) in [6.45, 7) is 3.88. The standard InChI is InChI=1S/C25H30F5N5O4/c1-12-18(14-5-6-15(26)19(27)20(14)38-4)21(39-24(12,2)25(28,29)30)23(37)32-13-9-16(22(31)36)33-17(10-13)35-8-7-34(3)11-35/h5-6,9-10,12,18,21-22,36H,7-8,11,31H2,1-4H3,(H,32,33,37)/t12-,18-,21+,22?,24+/m0/s1. The van der Waals surface area contributed by atoms with Crippen LogP contribution in [0.1, 0.15) is 37.3 Å². The first kappa shape index (κ1) is 28.9. The van der Waals surface area contributed by atoms with Gasteiger partial charge in [-0.15, -0.1) is 0 Å². The molecule has 4 N–H and O–H groups in total. The van der Waals surface area contributed by atoms with E-state index in [1.54, 1.807) is 0 Å². The molecule has 2 aliphatic heterocycles. The number of carbonyl (C=O) groups excluding carboxylic acids is 1. The molecule has 39 heavy (non-hydrogen) atoms. The predicted octanol–water partition coefficient (Wildman–Crippen LogP) is 3.11. The molecule has 14 heteroatoms. The molecule has 5 atom stereocenters. The van der Waals surface area contributed by atoms with Crippen molar-refractivity contribution >= 4 is 17.4 Å². The summed E-state index contributed by atoms with van der Waals surface area (Å²) in [7, 11) is 2.95. The van der Waals surface area contributed by atoms with Crippen LogP contribution in [0.3, 0.4) is 0 Å². The molecule has 0 bridgehead atoms. The molecule has 1 unspecified atom stereocenters. The Labute approximate surface area is 221 Å². The van der Waals surface area contributed by atoms with Crippen LogP contribution >= 0.6 is 0 Å². The zero-order chi connectivity index (χ0) is 28.9. The minimum Gasteiger partial charge on any atom is -0.493 e. The average Bonchev–Trinajstić information content (AvgIpc) is 3.42. The highest BCUT2D eigenvalue weighted by atomic mass is 19.4. The second-order valence-electron chi connectivity index (χ2n) is 10.00. The van der Waals surface area contributed by atoms with Gasteiger partial charge in [0.05, 0.1) is 19.5 Å². The zero-order valence-corrected chi connectivity index (χ0v) is 21.7. The third-order valence-electron chi connectivity index (χ3n) is 7.46. The lowest BCUT2D eigenvalue weighted by atomic mass is 9.77. The fourth-order valence-corrected chi connectivity index (χ4v) is 5.09. The number of aromatic nitrogens is 1. The Balaban J connectivity index is 1.74. The molecule has 4 rings (SSSR count). The minimum absolute atomic E-state index is 0.0250. The largest absolute Gasteiger partial charge is 0.493 e. The summed E-state index contributed by atoms with van der Waals surface area (Å²) in [5, 5.41) is 12.5. The van der Waals surface area contributed by atoms with Crippen LogP contribution < -0.4 is 20.7 Å². The number of pyridine rings is 1. The molecule has 1 amide bonds. The number of nitrogens with one attached hydrogen (secondary N) is 1. The molecule has 2 aliphatic rings. The maximum Gasteiger partial charge on any atom is 0.417 e. The van der Waals surface area contributed by atoms with Gasteiger partial charge in [0.25, 0.3) is 5.91 Å². The molecule has 0 saturated carbocycles. The number of rotatable bonds is 6. The van der Waals surface area contributed by atoms with E-state index < -0.39 is 59.2 Å². The molecule has 2 aromatic rings. The van der Waals surface area contributed by atoms with Crippen molar-refractivity contribution in [1.82, 2.24) is 9.88 Å². The number of amides is 1. The van der Waals surface area contributed by atoms with Crippen molar-refractivity contribution in [3.8, 4) is 5.75 Å². The summed E-state index contributed by atoms with van der Waals surface area (Å²) in [4.78, 5) is 21.7. The minimum atomic E-state index is -4.89. The Morgan fingerprint density at radius 1 is 1.31 bits per heavy atom. The summed E-state index contributed by atoms with van der Waals surface area (Å²) in [6.07, 6.45) is -8.16. The van der Waals surface area contributed by atoms with E-state index in [1.807, 2.05) is 16.8 Å². The number of aliphatic hydroxyl groups is 1. The molecule has 0 radical (unpaired) electrons. The van der Waals surface area contributed by atoms with E-state index in [4.69, 9.17) is 15.2 Å². The van der Waals surface area contributed by atoms with Crippen molar-refractivity contribution in [2.75, 3.05) is 44.1 Å². The molecule has 2 saturated heterocycles. The summed E-state index contributed by atoms with van der Waals surface area (Å²) < 4.78 is 81.5. The molecule has 1 aromatic carbocycles. The van der Waals surface area contributed by atoms with Gasteiger partial charge < -0.3 is 30.5 Å². The topological polar surface area (TPSA) is 113 Å². The van der Waals surface area contributed by atoms with Gasteiger partial charge in [-0.3, -0.25) is 9.69 Å². The number of nitrogens with zero attached hydrogens (tertiary/aromatic N) is 3. The van der Waals surface area contributed by atoms with E-state index in [2.05, 4.69) is 10.3 Å². The van der Waals surface area contributed by atoms with E-state index in [1.165, 1.54) is 19.1 Å². The number of alkyl halides is 3. The Morgan fingerprint density at radius 3 is 2.56 bits per heavy atom. The molecule has 1 aromatic heterocycles. The lowest BCUT2D eigenvalue weighted by Gasteiger charge is -2.32. The molecule has 2 fully saturated rings. The van der Waals surface area contributed by atoms with Crippen LogP contribution in [-0.4, -0.2) is 72.7 Å². The Bertz CT molecular complexity index is 1250. The van der Waals surface area contributed by atoms with E-state index in [0.717, 1.165) is 32.7 Å². The van der Waals surface area contributed by atoms with Gasteiger partial charge in [-0.05, 0) is 26.1 Å². The van der Waals surface area contributed by atoms with Gasteiger partial charge in [0.2, 0.25) is 5.82 Å². The average molecular weight is 560 g/mol. The van der Waals surface area contributed by atoms with Gasteiger partial charge >= 0.3 is 6.18 Å². The number of carbonyl (C=O) groups is 1. The first-order chi connectivity index (χ1) is 18.2. The molecular weight excluding hydrogens is 529 g/mol. The maximum atomic E-state index is 14.6. The van der Waals surface area contributed by atoms with Gasteiger partial charge in [-0.25, -0.2) is 9.37 Å². The van der Waals surface area contributed by atoms with Gasteiger partial charge in [-0.1, -0.05) is 13.0 Å². The fourth-order valence-electron chi connectivity index (χ4n) is 5.09. The third-order valence-corrected chi connectivity index (χ3v) is 7.46. The SMILES string of the molecule is COc1c([C@H]2[C@H](C(=O)Nc3cc(C(N)O)nc(N4CCN(C)C4)c3)O[C@@](C)(C(F)(F)F)[C@H]2C)ccc(F)c1F. The Morgan fingerprint density at radius 2 is 2.00 bits per heavy atom. The van der Waals surface area contributed by atoms with Crippen LogP contribution in [0.2, 0.25) is 0 Å². The van der Waals surface area contributed by atoms with Crippen molar-refractivity contribution in [1.29, 1.82) is 0 Å². The summed E-state index contributed by atoms with van der Waals surface area (Å²) in [6, 6.07) is 4.63. The van der Waals surface area contributed by atoms with Crippen LogP contribution in [0.15, 0.2) is 24.3 Å². The van der Waals surface area contributed by atoms with Gasteiger partial charge in [0, 0.05) is 42.2 Å². The van der Waals surface area contributed by atoms with Crippen LogP contribution in [-0.2, 0) is 9.53 Å². The molecule has 9 nitrogen and oxygen atoms in total. The Hall–Kier alpha value is -3.07. The van der Waals surface area contributed by atoms with Crippen molar-refractivity contribution < 1.29 is 41.3 Å². The number of benzene rings is 1. The lowest BCUT2D eigenvalue weighted by molar-refractivity contribution is -0.272. The molecule has 0 spiro atoms. The van der Waals surface area contributed by atoms with Crippen LogP contribution in [0, 0.1) is 17.6 Å². The number of hydrogen-bond donors (Lipinski definition) is 3. The van der Waals surface area contributed by atoms with Crippen LogP contribution in [0.4, 0.5) is 33.5 Å². The van der Waals surface area contributed by atoms with Gasteiger partial charge in [-0.2, -0.15) is 17.6 Å². The quantitative estimate of drug-likeness (QED) is 0.366. The van der Waals surface area contributed by atoms with Gasteiger partial charge in [0.15, 0.2) is 17.2 Å². The fraction of sp³-hybridized carbons (Fsp3) is 0.520. The number of ether oxygens (including phenoxy) is 2. The second kappa shape index (κ2) is 10.5. The number of likely N-dealkylation sites (N-methyl/N-ethyl adjacent to an activating group) is 1. The number of hydrogen-bond acceptors (Lipinski definition) is 8. The number of halogens is 5. The summed E-state index contributed by atoms with van der Waals surface area (Å²) >= 11 is 0. The number of aliphatic hydroxyl groups excluding tert-OH is 1. The normalized spacial score (nSPS) is 26.6. The second-order valence-corrected chi connectivity index (χ2v) is 10.00. The molecule has 3 heterocycles. The third kappa shape index (κ3) is 5.25. The number of methoxy groups -OCH3 is 1. The van der Waals surface area contributed by atoms with E-state index in [9.17, 15) is 31.9 Å². The highest BCUT2D eigenvalue weighted by Gasteiger charge is 2.66. The van der Waals surface area contributed by atoms with E-state index in [0.29, 0.717) is 19.0 Å². The lowest BCUT2D eigenvalue weighted by Crippen LogP contribution is -2.47. The zero-order valence-electron chi connectivity index (χ0n) is 21.7. The van der Waals surface area contributed by atoms with Crippen LogP contribution in [0.25, 0.3) is 0 Å². The van der Waals surface area contributed by atoms with Crippen LogP contribution in [0.5, 0.6) is 5.75 Å². The van der Waals surface area contributed by atoms with Crippen molar-refractivity contribution in [2.24, 2.45) is 11.7 Å². The summed E-state index contributed by atoms with van der Waals surface area (Å²) in [5.41, 5.74) is 2.80. The Kier molecular flexibility index (Phi) is 7.78. The number of nitrogens with two attached hydrogens (primary N) is 1. The molecular formula is C25H30F5N5O4.